The van der Waals surface area contributed by atoms with Gasteiger partial charge in [-0.2, -0.15) is 0 Å². The molecule has 0 aliphatic heterocycles. The van der Waals surface area contributed by atoms with Crippen molar-refractivity contribution in [3.05, 3.63) is 126 Å². The van der Waals surface area contributed by atoms with Crippen molar-refractivity contribution in [3.8, 4) is 28.0 Å². The Balaban J connectivity index is 1.42. The maximum atomic E-state index is 14.9. The summed E-state index contributed by atoms with van der Waals surface area (Å²) >= 11 is 0. The van der Waals surface area contributed by atoms with Gasteiger partial charge in [-0.25, -0.2) is 13.2 Å². The van der Waals surface area contributed by atoms with Gasteiger partial charge in [0.15, 0.2) is 23.2 Å². The molecule has 4 rings (SSSR count). The van der Waals surface area contributed by atoms with Crippen LogP contribution < -0.4 is 4.74 Å². The lowest BCUT2D eigenvalue weighted by atomic mass is 9.97. The lowest BCUT2D eigenvalue weighted by molar-refractivity contribution is 0.199. The van der Waals surface area contributed by atoms with Gasteiger partial charge in [-0.1, -0.05) is 72.8 Å². The van der Waals surface area contributed by atoms with Crippen molar-refractivity contribution in [1.82, 2.24) is 0 Å². The number of aryl methyl sites for hydroxylation is 2. The number of aliphatic hydroxyl groups is 1. The number of benzene rings is 4. The van der Waals surface area contributed by atoms with Crippen LogP contribution >= 0.6 is 0 Å². The third-order valence-electron chi connectivity index (χ3n) is 6.35. The summed E-state index contributed by atoms with van der Waals surface area (Å²) < 4.78 is 49.5. The molecule has 0 aliphatic carbocycles. The second-order valence-corrected chi connectivity index (χ2v) is 8.97. The predicted molar refractivity (Wildman–Crippen MR) is 142 cm³/mol. The highest BCUT2D eigenvalue weighted by Gasteiger charge is 2.15. The van der Waals surface area contributed by atoms with Crippen LogP contribution in [0, 0.1) is 17.5 Å². The molecule has 1 unspecified atom stereocenters. The molecule has 1 atom stereocenters. The van der Waals surface area contributed by atoms with Crippen molar-refractivity contribution in [3.63, 3.8) is 0 Å². The van der Waals surface area contributed by atoms with Gasteiger partial charge < -0.3 is 9.84 Å². The van der Waals surface area contributed by atoms with E-state index in [0.29, 0.717) is 42.6 Å². The third-order valence-corrected chi connectivity index (χ3v) is 6.35. The molecule has 4 aromatic rings. The van der Waals surface area contributed by atoms with E-state index in [1.54, 1.807) is 61.5 Å². The predicted octanol–water partition coefficient (Wildman–Crippen LogP) is 8.23. The Kier molecular flexibility index (Phi) is 8.47. The molecule has 0 bridgehead atoms. The number of ether oxygens (including phenoxy) is 1. The van der Waals surface area contributed by atoms with Gasteiger partial charge in [0.1, 0.15) is 0 Å². The average Bonchev–Trinajstić information content (AvgIpc) is 2.91. The van der Waals surface area contributed by atoms with Crippen LogP contribution in [0.1, 0.15) is 36.1 Å². The molecule has 0 heterocycles. The molecule has 0 saturated carbocycles. The highest BCUT2D eigenvalue weighted by Crippen LogP contribution is 2.29. The number of hydrogen-bond donors (Lipinski definition) is 1. The van der Waals surface area contributed by atoms with Gasteiger partial charge in [-0.15, -0.1) is 6.58 Å². The summed E-state index contributed by atoms with van der Waals surface area (Å²) in [6, 6.07) is 22.4. The molecule has 0 fully saturated rings. The standard InChI is InChI=1S/C32H29F3O2/c1-3-4-19-37-30-18-16-27(20-29(30)33)24-8-5-22(6-9-24)7-10-26-15-17-28(32(35)31(26)34)25-13-11-23(12-14-25)21(2)36/h3,5-6,8-9,11-18,20-21,36H,1,4,7,10,19H2,2H3. The Labute approximate surface area is 215 Å². The largest absolute Gasteiger partial charge is 0.490 e. The fraction of sp³-hybridized carbons (Fsp3) is 0.188. The quantitative estimate of drug-likeness (QED) is 0.175. The van der Waals surface area contributed by atoms with Crippen LogP contribution in [-0.4, -0.2) is 11.7 Å². The summed E-state index contributed by atoms with van der Waals surface area (Å²) in [7, 11) is 0. The van der Waals surface area contributed by atoms with Crippen LogP contribution in [0.3, 0.4) is 0 Å². The van der Waals surface area contributed by atoms with Crippen molar-refractivity contribution in [2.45, 2.75) is 32.3 Å². The molecule has 0 saturated heterocycles. The Morgan fingerprint density at radius 2 is 1.49 bits per heavy atom. The van der Waals surface area contributed by atoms with Gasteiger partial charge in [0, 0.05) is 5.56 Å². The van der Waals surface area contributed by atoms with Gasteiger partial charge >= 0.3 is 0 Å². The van der Waals surface area contributed by atoms with E-state index in [-0.39, 0.29) is 11.3 Å². The summed E-state index contributed by atoms with van der Waals surface area (Å²) in [4.78, 5) is 0. The molecule has 5 heteroatoms. The van der Waals surface area contributed by atoms with Crippen LogP contribution in [0.2, 0.25) is 0 Å². The van der Waals surface area contributed by atoms with E-state index in [1.807, 2.05) is 24.3 Å². The van der Waals surface area contributed by atoms with E-state index in [0.717, 1.165) is 16.7 Å². The van der Waals surface area contributed by atoms with Crippen LogP contribution in [0.4, 0.5) is 13.2 Å². The van der Waals surface area contributed by atoms with Crippen molar-refractivity contribution in [1.29, 1.82) is 0 Å². The monoisotopic (exact) mass is 502 g/mol. The Bertz CT molecular complexity index is 1360. The molecular formula is C32H29F3O2. The minimum absolute atomic E-state index is 0.187. The number of aliphatic hydroxyl groups excluding tert-OH is 1. The maximum Gasteiger partial charge on any atom is 0.166 e. The molecule has 190 valence electrons. The average molecular weight is 503 g/mol. The number of rotatable bonds is 10. The molecular weight excluding hydrogens is 473 g/mol. The zero-order valence-electron chi connectivity index (χ0n) is 20.7. The summed E-state index contributed by atoms with van der Waals surface area (Å²) in [5, 5.41) is 9.64. The first-order chi connectivity index (χ1) is 17.9. The van der Waals surface area contributed by atoms with Crippen LogP contribution in [0.25, 0.3) is 22.3 Å². The lowest BCUT2D eigenvalue weighted by Crippen LogP contribution is -2.00. The third kappa shape index (κ3) is 6.30. The van der Waals surface area contributed by atoms with E-state index in [2.05, 4.69) is 6.58 Å². The second-order valence-electron chi connectivity index (χ2n) is 8.97. The van der Waals surface area contributed by atoms with E-state index in [9.17, 15) is 18.3 Å². The molecule has 0 aromatic heterocycles. The van der Waals surface area contributed by atoms with Gasteiger partial charge in [0.05, 0.1) is 12.7 Å². The van der Waals surface area contributed by atoms with E-state index < -0.39 is 23.6 Å². The molecule has 2 nitrogen and oxygen atoms in total. The molecule has 0 amide bonds. The fourth-order valence-electron chi connectivity index (χ4n) is 4.14. The topological polar surface area (TPSA) is 29.5 Å². The minimum Gasteiger partial charge on any atom is -0.490 e. The Morgan fingerprint density at radius 3 is 2.14 bits per heavy atom. The second kappa shape index (κ2) is 11.9. The van der Waals surface area contributed by atoms with Crippen molar-refractivity contribution in [2.24, 2.45) is 0 Å². The van der Waals surface area contributed by atoms with Gasteiger partial charge in [-0.05, 0) is 71.7 Å². The van der Waals surface area contributed by atoms with Crippen molar-refractivity contribution < 1.29 is 23.0 Å². The van der Waals surface area contributed by atoms with Gasteiger partial charge in [0.25, 0.3) is 0 Å². The summed E-state index contributed by atoms with van der Waals surface area (Å²) in [6.45, 7) is 5.64. The van der Waals surface area contributed by atoms with Crippen LogP contribution in [-0.2, 0) is 12.8 Å². The number of halogens is 3. The molecule has 0 radical (unpaired) electrons. The van der Waals surface area contributed by atoms with E-state index >= 15 is 0 Å². The normalized spacial score (nSPS) is 11.8. The highest BCUT2D eigenvalue weighted by molar-refractivity contribution is 5.66. The smallest absolute Gasteiger partial charge is 0.166 e. The highest BCUT2D eigenvalue weighted by atomic mass is 19.2. The van der Waals surface area contributed by atoms with Crippen LogP contribution in [0.5, 0.6) is 5.75 Å². The maximum absolute atomic E-state index is 14.9. The lowest BCUT2D eigenvalue weighted by Gasteiger charge is -2.11. The minimum atomic E-state index is -0.878. The van der Waals surface area contributed by atoms with Gasteiger partial charge in [-0.3, -0.25) is 0 Å². The zero-order valence-corrected chi connectivity index (χ0v) is 20.7. The Morgan fingerprint density at radius 1 is 0.811 bits per heavy atom. The summed E-state index contributed by atoms with van der Waals surface area (Å²) in [5.74, 6) is -1.94. The first kappa shape index (κ1) is 26.2. The first-order valence-corrected chi connectivity index (χ1v) is 12.2. The molecule has 1 N–H and O–H groups in total. The molecule has 4 aromatic carbocycles. The zero-order chi connectivity index (χ0) is 26.4. The molecule has 0 aliphatic rings. The van der Waals surface area contributed by atoms with Crippen molar-refractivity contribution in [2.75, 3.05) is 6.61 Å². The summed E-state index contributed by atoms with van der Waals surface area (Å²) in [5.41, 5.74) is 4.30. The molecule has 0 spiro atoms. The van der Waals surface area contributed by atoms with E-state index in [1.165, 1.54) is 6.07 Å². The Hall–Kier alpha value is -3.83. The molecule has 37 heavy (non-hydrogen) atoms. The SMILES string of the molecule is C=CCCOc1ccc(-c2ccc(CCc3ccc(-c4ccc(C(C)O)cc4)c(F)c3F)cc2)cc1F. The first-order valence-electron chi connectivity index (χ1n) is 12.2. The van der Waals surface area contributed by atoms with Gasteiger partial charge in [0.2, 0.25) is 0 Å². The van der Waals surface area contributed by atoms with Crippen molar-refractivity contribution >= 4 is 0 Å². The van der Waals surface area contributed by atoms with Crippen LogP contribution in [0.15, 0.2) is 91.5 Å². The fourth-order valence-corrected chi connectivity index (χ4v) is 4.14. The van der Waals surface area contributed by atoms with E-state index in [4.69, 9.17) is 4.74 Å². The number of hydrogen-bond acceptors (Lipinski definition) is 2. The summed E-state index contributed by atoms with van der Waals surface area (Å²) in [6.07, 6.45) is 2.61.